The molecule has 0 saturated carbocycles. The molecule has 164 valence electrons. The van der Waals surface area contributed by atoms with Crippen LogP contribution in [-0.4, -0.2) is 43.1 Å². The van der Waals surface area contributed by atoms with Gasteiger partial charge < -0.3 is 14.7 Å². The zero-order valence-electron chi connectivity index (χ0n) is 18.0. The Kier molecular flexibility index (Phi) is 5.40. The van der Waals surface area contributed by atoms with E-state index < -0.39 is 0 Å². The highest BCUT2D eigenvalue weighted by atomic mass is 16.5. The Morgan fingerprint density at radius 1 is 0.970 bits per heavy atom. The van der Waals surface area contributed by atoms with Crippen LogP contribution in [0.1, 0.15) is 39.4 Å². The maximum atomic E-state index is 12.9. The molecule has 3 aromatic heterocycles. The van der Waals surface area contributed by atoms with E-state index in [1.54, 1.807) is 36.8 Å². The minimum atomic E-state index is -0.166. The number of fused-ring (bicyclic) bond motifs is 2. The van der Waals surface area contributed by atoms with E-state index in [1.165, 1.54) is 0 Å². The number of pyridine rings is 1. The van der Waals surface area contributed by atoms with Gasteiger partial charge in [0, 0.05) is 29.5 Å². The van der Waals surface area contributed by atoms with E-state index >= 15 is 0 Å². The lowest BCUT2D eigenvalue weighted by atomic mass is 10.1. The monoisotopic (exact) mass is 439 g/mol. The molecular formula is C25H21N5O3. The molecule has 2 N–H and O–H groups in total. The molecule has 8 nitrogen and oxygen atoms in total. The van der Waals surface area contributed by atoms with Crippen LogP contribution in [0.4, 0.5) is 0 Å². The summed E-state index contributed by atoms with van der Waals surface area (Å²) in [7, 11) is 0. The second-order valence-electron chi connectivity index (χ2n) is 7.63. The Morgan fingerprint density at radius 2 is 1.85 bits per heavy atom. The fraction of sp³-hybridized carbons (Fsp3) is 0.160. The van der Waals surface area contributed by atoms with Crippen LogP contribution in [0, 0.1) is 0 Å². The molecular weight excluding hydrogens is 418 g/mol. The highest BCUT2D eigenvalue weighted by Crippen LogP contribution is 2.22. The molecule has 0 saturated heterocycles. The van der Waals surface area contributed by atoms with Gasteiger partial charge >= 0.3 is 0 Å². The normalized spacial score (nSPS) is 11.2. The molecule has 2 aromatic carbocycles. The topological polar surface area (TPSA) is 114 Å². The van der Waals surface area contributed by atoms with Gasteiger partial charge in [-0.05, 0) is 48.7 Å². The Hall–Kier alpha value is -4.33. The largest absolute Gasteiger partial charge is 0.494 e. The molecule has 0 amide bonds. The van der Waals surface area contributed by atoms with Gasteiger partial charge in [-0.1, -0.05) is 6.07 Å². The molecule has 0 aliphatic rings. The SMILES string of the molecule is CCOc1ccc2cnc(C(=O)Cc3nc4c(C(=O)Cc5ncc[nH]5)cccc4[nH]3)cc2c1. The lowest BCUT2D eigenvalue weighted by molar-refractivity contribution is 0.0981. The molecule has 0 atom stereocenters. The van der Waals surface area contributed by atoms with Crippen LogP contribution in [-0.2, 0) is 12.8 Å². The molecule has 8 heteroatoms. The summed E-state index contributed by atoms with van der Waals surface area (Å²) in [6.07, 6.45) is 5.17. The number of aromatic amines is 2. The van der Waals surface area contributed by atoms with Crippen molar-refractivity contribution in [2.24, 2.45) is 0 Å². The van der Waals surface area contributed by atoms with E-state index in [2.05, 4.69) is 24.9 Å². The summed E-state index contributed by atoms with van der Waals surface area (Å²) < 4.78 is 5.55. The molecule has 0 aliphatic heterocycles. The van der Waals surface area contributed by atoms with Crippen LogP contribution in [0.15, 0.2) is 61.1 Å². The van der Waals surface area contributed by atoms with E-state index in [9.17, 15) is 9.59 Å². The first kappa shape index (κ1) is 20.6. The number of carbonyl (C=O) groups is 2. The fourth-order valence-corrected chi connectivity index (χ4v) is 3.80. The number of hydrogen-bond donors (Lipinski definition) is 2. The molecule has 0 spiro atoms. The maximum absolute atomic E-state index is 12.9. The number of aromatic nitrogens is 5. The molecule has 0 bridgehead atoms. The number of rotatable bonds is 8. The molecule has 5 aromatic rings. The van der Waals surface area contributed by atoms with Crippen LogP contribution in [0.2, 0.25) is 0 Å². The van der Waals surface area contributed by atoms with Gasteiger partial charge in [0.2, 0.25) is 0 Å². The number of para-hydroxylation sites is 1. The molecule has 0 aliphatic carbocycles. The van der Waals surface area contributed by atoms with Gasteiger partial charge in [0.25, 0.3) is 0 Å². The molecule has 0 radical (unpaired) electrons. The summed E-state index contributed by atoms with van der Waals surface area (Å²) in [5.74, 6) is 1.57. The zero-order chi connectivity index (χ0) is 22.8. The van der Waals surface area contributed by atoms with Crippen molar-refractivity contribution in [2.45, 2.75) is 19.8 Å². The summed E-state index contributed by atoms with van der Waals surface area (Å²) >= 11 is 0. The number of nitrogens with one attached hydrogen (secondary N) is 2. The van der Waals surface area contributed by atoms with Crippen molar-refractivity contribution in [3.63, 3.8) is 0 Å². The summed E-state index contributed by atoms with van der Waals surface area (Å²) in [4.78, 5) is 44.8. The summed E-state index contributed by atoms with van der Waals surface area (Å²) in [5.41, 5.74) is 2.09. The average Bonchev–Trinajstić information content (AvgIpc) is 3.47. The van der Waals surface area contributed by atoms with Crippen molar-refractivity contribution in [1.82, 2.24) is 24.9 Å². The molecule has 33 heavy (non-hydrogen) atoms. The minimum absolute atomic E-state index is 0.0458. The molecule has 5 rings (SSSR count). The number of ether oxygens (including phenoxy) is 1. The van der Waals surface area contributed by atoms with Crippen molar-refractivity contribution in [1.29, 1.82) is 0 Å². The Morgan fingerprint density at radius 3 is 2.67 bits per heavy atom. The smallest absolute Gasteiger partial charge is 0.188 e. The summed E-state index contributed by atoms with van der Waals surface area (Å²) in [6.45, 7) is 2.50. The Balaban J connectivity index is 1.39. The first-order valence-corrected chi connectivity index (χ1v) is 10.7. The third-order valence-corrected chi connectivity index (χ3v) is 5.36. The Labute approximate surface area is 189 Å². The van der Waals surface area contributed by atoms with Crippen molar-refractivity contribution in [2.75, 3.05) is 6.61 Å². The predicted molar refractivity (Wildman–Crippen MR) is 124 cm³/mol. The van der Waals surface area contributed by atoms with E-state index in [0.29, 0.717) is 40.5 Å². The first-order chi connectivity index (χ1) is 16.1. The zero-order valence-corrected chi connectivity index (χ0v) is 18.0. The number of ketones is 2. The van der Waals surface area contributed by atoms with Crippen molar-refractivity contribution < 1.29 is 14.3 Å². The van der Waals surface area contributed by atoms with Gasteiger partial charge in [0.1, 0.15) is 23.1 Å². The highest BCUT2D eigenvalue weighted by Gasteiger charge is 2.17. The quantitative estimate of drug-likeness (QED) is 0.352. The van der Waals surface area contributed by atoms with Gasteiger partial charge in [-0.2, -0.15) is 0 Å². The average molecular weight is 439 g/mol. The van der Waals surface area contributed by atoms with Crippen LogP contribution in [0.25, 0.3) is 21.8 Å². The highest BCUT2D eigenvalue weighted by molar-refractivity contribution is 6.07. The second-order valence-corrected chi connectivity index (χ2v) is 7.63. The van der Waals surface area contributed by atoms with Crippen LogP contribution >= 0.6 is 0 Å². The minimum Gasteiger partial charge on any atom is -0.494 e. The second kappa shape index (κ2) is 8.66. The third-order valence-electron chi connectivity index (χ3n) is 5.36. The maximum Gasteiger partial charge on any atom is 0.188 e. The number of benzene rings is 2. The van der Waals surface area contributed by atoms with Gasteiger partial charge in [-0.25, -0.2) is 9.97 Å². The fourth-order valence-electron chi connectivity index (χ4n) is 3.80. The molecule has 0 fully saturated rings. The standard InChI is InChI=1S/C25H21N5O3/c1-2-33-17-7-6-15-14-28-20(11-16(15)10-17)22(32)13-24-29-19-5-3-4-18(25(19)30-24)21(31)12-23-26-8-9-27-23/h3-11,14H,2,12-13H2,1H3,(H,26,27)(H,29,30). The van der Waals surface area contributed by atoms with Gasteiger partial charge in [0.05, 0.1) is 30.5 Å². The van der Waals surface area contributed by atoms with Gasteiger partial charge in [-0.15, -0.1) is 0 Å². The predicted octanol–water partition coefficient (Wildman–Crippen LogP) is 4.08. The Bertz CT molecular complexity index is 1470. The number of H-pyrrole nitrogens is 2. The van der Waals surface area contributed by atoms with Crippen molar-refractivity contribution >= 4 is 33.4 Å². The van der Waals surface area contributed by atoms with Gasteiger partial charge in [-0.3, -0.25) is 14.6 Å². The first-order valence-electron chi connectivity index (χ1n) is 10.7. The van der Waals surface area contributed by atoms with Crippen LogP contribution in [0.3, 0.4) is 0 Å². The number of Topliss-reactive ketones (excluding diaryl/α,β-unsaturated/α-hetero) is 2. The number of imidazole rings is 2. The van der Waals surface area contributed by atoms with E-state index in [-0.39, 0.29) is 24.4 Å². The van der Waals surface area contributed by atoms with Crippen LogP contribution < -0.4 is 4.74 Å². The summed E-state index contributed by atoms with van der Waals surface area (Å²) in [5, 5.41) is 1.81. The lowest BCUT2D eigenvalue weighted by Gasteiger charge is -2.05. The number of carbonyl (C=O) groups excluding carboxylic acids is 2. The van der Waals surface area contributed by atoms with Crippen molar-refractivity contribution in [3.8, 4) is 5.75 Å². The summed E-state index contributed by atoms with van der Waals surface area (Å²) in [6, 6.07) is 12.8. The lowest BCUT2D eigenvalue weighted by Crippen LogP contribution is -2.07. The number of hydrogen-bond acceptors (Lipinski definition) is 6. The third kappa shape index (κ3) is 4.23. The van der Waals surface area contributed by atoms with E-state index in [4.69, 9.17) is 4.74 Å². The molecule has 3 heterocycles. The number of nitrogens with zero attached hydrogens (tertiary/aromatic N) is 3. The van der Waals surface area contributed by atoms with Crippen LogP contribution in [0.5, 0.6) is 5.75 Å². The van der Waals surface area contributed by atoms with Crippen molar-refractivity contribution in [3.05, 3.63) is 84.0 Å². The van der Waals surface area contributed by atoms with E-state index in [0.717, 1.165) is 16.5 Å². The van der Waals surface area contributed by atoms with E-state index in [1.807, 2.05) is 31.2 Å². The van der Waals surface area contributed by atoms with Gasteiger partial charge in [0.15, 0.2) is 11.6 Å². The molecule has 0 unspecified atom stereocenters.